The second-order valence-electron chi connectivity index (χ2n) is 4.27. The lowest BCUT2D eigenvalue weighted by atomic mass is 9.93. The Balaban J connectivity index is 3.21. The highest BCUT2D eigenvalue weighted by Gasteiger charge is 2.08. The van der Waals surface area contributed by atoms with Gasteiger partial charge in [-0.2, -0.15) is 0 Å². The Bertz CT molecular complexity index is 377. The second-order valence-corrected chi connectivity index (χ2v) is 4.27. The number of rotatable bonds is 5. The van der Waals surface area contributed by atoms with Crippen molar-refractivity contribution < 1.29 is 0 Å². The van der Waals surface area contributed by atoms with Crippen molar-refractivity contribution in [2.24, 2.45) is 0 Å². The highest BCUT2D eigenvalue weighted by atomic mass is 14.6. The van der Waals surface area contributed by atoms with Gasteiger partial charge in [0.1, 0.15) is 0 Å². The quantitative estimate of drug-likeness (QED) is 0.735. The summed E-state index contributed by atoms with van der Waals surface area (Å²) >= 11 is 0. The molecule has 0 spiro atoms. The third kappa shape index (κ3) is 2.66. The zero-order valence-electron chi connectivity index (χ0n) is 10.8. The zero-order valence-corrected chi connectivity index (χ0v) is 10.8. The topological polar surface area (TPSA) is 26.0 Å². The van der Waals surface area contributed by atoms with E-state index in [9.17, 15) is 0 Å². The minimum atomic E-state index is 0.878. The summed E-state index contributed by atoms with van der Waals surface area (Å²) in [6, 6.07) is 4.37. The molecule has 1 heteroatoms. The number of hydrogen-bond donors (Lipinski definition) is 1. The van der Waals surface area contributed by atoms with Gasteiger partial charge in [-0.3, -0.25) is 0 Å². The van der Waals surface area contributed by atoms with E-state index in [1.807, 2.05) is 0 Å². The molecule has 0 aliphatic heterocycles. The Labute approximate surface area is 99.4 Å². The molecular formula is C15H23N. The smallest absolute Gasteiger partial charge is 0.0393 e. The van der Waals surface area contributed by atoms with Crippen molar-refractivity contribution in [3.63, 3.8) is 0 Å². The molecule has 0 bridgehead atoms. The van der Waals surface area contributed by atoms with Crippen LogP contribution in [0.1, 0.15) is 50.3 Å². The highest BCUT2D eigenvalue weighted by molar-refractivity contribution is 5.74. The molecule has 1 aromatic rings. The molecule has 1 nitrogen and oxygen atoms in total. The molecule has 1 rings (SSSR count). The van der Waals surface area contributed by atoms with Crippen molar-refractivity contribution in [1.29, 1.82) is 0 Å². The monoisotopic (exact) mass is 217 g/mol. The largest absolute Gasteiger partial charge is 0.398 e. The molecule has 0 aromatic heterocycles. The fraction of sp³-hybridized carbons (Fsp3) is 0.467. The number of nitrogen functional groups attached to an aromatic ring is 1. The molecule has 0 radical (unpaired) electrons. The van der Waals surface area contributed by atoms with Crippen LogP contribution in [0.2, 0.25) is 0 Å². The molecule has 16 heavy (non-hydrogen) atoms. The Morgan fingerprint density at radius 2 is 1.88 bits per heavy atom. The summed E-state index contributed by atoms with van der Waals surface area (Å²) in [5.74, 6) is 0. The van der Waals surface area contributed by atoms with E-state index >= 15 is 0 Å². The average molecular weight is 217 g/mol. The predicted molar refractivity (Wildman–Crippen MR) is 73.6 cm³/mol. The Morgan fingerprint density at radius 1 is 1.19 bits per heavy atom. The SMILES string of the molecule is C=C(CC)c1cc(CCC)c(CC)cc1N. The molecule has 2 N–H and O–H groups in total. The number of nitrogens with two attached hydrogens (primary N) is 1. The van der Waals surface area contributed by atoms with Gasteiger partial charge in [0.2, 0.25) is 0 Å². The van der Waals surface area contributed by atoms with Crippen LogP contribution in [0.4, 0.5) is 5.69 Å². The summed E-state index contributed by atoms with van der Waals surface area (Å²) in [6.07, 6.45) is 4.32. The van der Waals surface area contributed by atoms with Gasteiger partial charge in [-0.1, -0.05) is 33.8 Å². The summed E-state index contributed by atoms with van der Waals surface area (Å²) in [7, 11) is 0. The van der Waals surface area contributed by atoms with Crippen LogP contribution in [-0.2, 0) is 12.8 Å². The lowest BCUT2D eigenvalue weighted by Gasteiger charge is -2.14. The highest BCUT2D eigenvalue weighted by Crippen LogP contribution is 2.27. The van der Waals surface area contributed by atoms with Crippen molar-refractivity contribution in [2.75, 3.05) is 5.73 Å². The van der Waals surface area contributed by atoms with E-state index in [0.29, 0.717) is 0 Å². The van der Waals surface area contributed by atoms with Crippen molar-refractivity contribution in [3.8, 4) is 0 Å². The maximum Gasteiger partial charge on any atom is 0.0393 e. The van der Waals surface area contributed by atoms with E-state index in [1.165, 1.54) is 17.5 Å². The molecule has 88 valence electrons. The van der Waals surface area contributed by atoms with Gasteiger partial charge in [0.15, 0.2) is 0 Å². The average Bonchev–Trinajstić information content (AvgIpc) is 2.30. The fourth-order valence-electron chi connectivity index (χ4n) is 2.04. The van der Waals surface area contributed by atoms with Gasteiger partial charge < -0.3 is 5.73 Å². The molecule has 0 saturated carbocycles. The van der Waals surface area contributed by atoms with Gasteiger partial charge in [0.25, 0.3) is 0 Å². The number of hydrogen-bond acceptors (Lipinski definition) is 1. The van der Waals surface area contributed by atoms with E-state index in [1.54, 1.807) is 0 Å². The van der Waals surface area contributed by atoms with Crippen LogP contribution >= 0.6 is 0 Å². The molecule has 0 unspecified atom stereocenters. The number of allylic oxidation sites excluding steroid dienone is 1. The summed E-state index contributed by atoms with van der Waals surface area (Å²) in [6.45, 7) is 10.6. The number of benzene rings is 1. The molecule has 0 saturated heterocycles. The van der Waals surface area contributed by atoms with Crippen LogP contribution in [0.3, 0.4) is 0 Å². The van der Waals surface area contributed by atoms with Crippen LogP contribution in [0, 0.1) is 0 Å². The molecular weight excluding hydrogens is 194 g/mol. The summed E-state index contributed by atoms with van der Waals surface area (Å²) in [5.41, 5.74) is 12.0. The van der Waals surface area contributed by atoms with Crippen molar-refractivity contribution in [2.45, 2.75) is 46.5 Å². The van der Waals surface area contributed by atoms with E-state index in [0.717, 1.165) is 36.1 Å². The van der Waals surface area contributed by atoms with E-state index in [-0.39, 0.29) is 0 Å². The van der Waals surface area contributed by atoms with E-state index in [2.05, 4.69) is 39.5 Å². The van der Waals surface area contributed by atoms with Crippen molar-refractivity contribution in [1.82, 2.24) is 0 Å². The third-order valence-corrected chi connectivity index (χ3v) is 3.08. The first-order valence-corrected chi connectivity index (χ1v) is 6.23. The van der Waals surface area contributed by atoms with Gasteiger partial charge in [0, 0.05) is 11.3 Å². The first-order valence-electron chi connectivity index (χ1n) is 6.23. The standard InChI is InChI=1S/C15H23N/c1-5-8-13-9-14(11(4)6-2)15(16)10-12(13)7-3/h9-10H,4-8,16H2,1-3H3. The molecule has 0 amide bonds. The maximum atomic E-state index is 6.08. The molecule has 1 aromatic carbocycles. The zero-order chi connectivity index (χ0) is 12.1. The first kappa shape index (κ1) is 12.8. The Kier molecular flexibility index (Phi) is 4.60. The van der Waals surface area contributed by atoms with Gasteiger partial charge in [0.05, 0.1) is 0 Å². The van der Waals surface area contributed by atoms with E-state index < -0.39 is 0 Å². The summed E-state index contributed by atoms with van der Waals surface area (Å²) in [5, 5.41) is 0. The molecule has 0 fully saturated rings. The normalized spacial score (nSPS) is 10.4. The minimum absolute atomic E-state index is 0.878. The molecule has 0 aliphatic carbocycles. The Hall–Kier alpha value is -1.24. The third-order valence-electron chi connectivity index (χ3n) is 3.08. The Morgan fingerprint density at radius 3 is 2.38 bits per heavy atom. The van der Waals surface area contributed by atoms with Gasteiger partial charge in [-0.05, 0) is 48.1 Å². The van der Waals surface area contributed by atoms with Crippen LogP contribution in [0.25, 0.3) is 5.57 Å². The van der Waals surface area contributed by atoms with Gasteiger partial charge in [-0.25, -0.2) is 0 Å². The minimum Gasteiger partial charge on any atom is -0.398 e. The van der Waals surface area contributed by atoms with Crippen LogP contribution in [-0.4, -0.2) is 0 Å². The van der Waals surface area contributed by atoms with Crippen molar-refractivity contribution >= 4 is 11.3 Å². The maximum absolute atomic E-state index is 6.08. The summed E-state index contributed by atoms with van der Waals surface area (Å²) < 4.78 is 0. The van der Waals surface area contributed by atoms with Crippen LogP contribution in [0.15, 0.2) is 18.7 Å². The molecule has 0 atom stereocenters. The molecule has 0 heterocycles. The van der Waals surface area contributed by atoms with E-state index in [4.69, 9.17) is 5.73 Å². The predicted octanol–water partition coefficient (Wildman–Crippen LogP) is 4.21. The van der Waals surface area contributed by atoms with Crippen molar-refractivity contribution in [3.05, 3.63) is 35.4 Å². The van der Waals surface area contributed by atoms with Gasteiger partial charge in [-0.15, -0.1) is 0 Å². The van der Waals surface area contributed by atoms with Gasteiger partial charge >= 0.3 is 0 Å². The lowest BCUT2D eigenvalue weighted by Crippen LogP contribution is -2.00. The lowest BCUT2D eigenvalue weighted by molar-refractivity contribution is 0.899. The fourth-order valence-corrected chi connectivity index (χ4v) is 2.04. The first-order chi connectivity index (χ1) is 7.63. The second kappa shape index (κ2) is 5.74. The molecule has 0 aliphatic rings. The van der Waals surface area contributed by atoms with Crippen LogP contribution < -0.4 is 5.73 Å². The summed E-state index contributed by atoms with van der Waals surface area (Å²) in [4.78, 5) is 0. The number of anilines is 1. The van der Waals surface area contributed by atoms with Crippen LogP contribution in [0.5, 0.6) is 0 Å². The number of aryl methyl sites for hydroxylation is 2.